The highest BCUT2D eigenvalue weighted by Crippen LogP contribution is 2.27. The molecule has 1 aliphatic rings. The minimum atomic E-state index is -3.56. The first kappa shape index (κ1) is 19.4. The molecule has 1 aromatic rings. The molecule has 1 saturated heterocycles. The van der Waals surface area contributed by atoms with Crippen molar-refractivity contribution in [2.75, 3.05) is 18.8 Å². The van der Waals surface area contributed by atoms with Crippen molar-refractivity contribution < 1.29 is 16.8 Å². The van der Waals surface area contributed by atoms with Crippen LogP contribution in [-0.4, -0.2) is 45.2 Å². The molecule has 0 atom stereocenters. The SMILES string of the molecule is CCS(=O)(=O)C1CCN(S(=O)(=O)c2ccc(C(C)(C)C)cc2)CC1. The van der Waals surface area contributed by atoms with Gasteiger partial charge < -0.3 is 0 Å². The molecule has 1 heterocycles. The quantitative estimate of drug-likeness (QED) is 0.813. The predicted octanol–water partition coefficient (Wildman–Crippen LogP) is 2.57. The maximum Gasteiger partial charge on any atom is 0.243 e. The smallest absolute Gasteiger partial charge is 0.229 e. The summed E-state index contributed by atoms with van der Waals surface area (Å²) < 4.78 is 50.8. The average Bonchev–Trinajstić information content (AvgIpc) is 2.54. The van der Waals surface area contributed by atoms with Gasteiger partial charge in [0.05, 0.1) is 10.1 Å². The lowest BCUT2D eigenvalue weighted by Crippen LogP contribution is -2.42. The lowest BCUT2D eigenvalue weighted by atomic mass is 9.87. The summed E-state index contributed by atoms with van der Waals surface area (Å²) in [4.78, 5) is 0.271. The molecule has 0 unspecified atom stereocenters. The van der Waals surface area contributed by atoms with Crippen molar-refractivity contribution in [3.05, 3.63) is 29.8 Å². The molecule has 0 N–H and O–H groups in total. The van der Waals surface area contributed by atoms with Crippen LogP contribution in [0.5, 0.6) is 0 Å². The molecular weight excluding hydrogens is 346 g/mol. The van der Waals surface area contributed by atoms with Crippen LogP contribution in [0.25, 0.3) is 0 Å². The molecule has 136 valence electrons. The van der Waals surface area contributed by atoms with Gasteiger partial charge >= 0.3 is 0 Å². The molecule has 1 fully saturated rings. The van der Waals surface area contributed by atoms with E-state index in [2.05, 4.69) is 20.8 Å². The molecule has 5 nitrogen and oxygen atoms in total. The standard InChI is InChI=1S/C17H27NO4S2/c1-5-23(19,20)15-10-12-18(13-11-15)24(21,22)16-8-6-14(7-9-16)17(2,3)4/h6-9,15H,5,10-13H2,1-4H3. The number of benzene rings is 1. The highest BCUT2D eigenvalue weighted by Gasteiger charge is 2.34. The Kier molecular flexibility index (Phi) is 5.47. The normalized spacial score (nSPS) is 18.7. The molecule has 0 bridgehead atoms. The molecule has 7 heteroatoms. The van der Waals surface area contributed by atoms with Gasteiger partial charge in [0.15, 0.2) is 9.84 Å². The van der Waals surface area contributed by atoms with Gasteiger partial charge in [-0.3, -0.25) is 0 Å². The van der Waals surface area contributed by atoms with Gasteiger partial charge in [0.1, 0.15) is 0 Å². The Morgan fingerprint density at radius 2 is 1.50 bits per heavy atom. The Bertz CT molecular complexity index is 767. The van der Waals surface area contributed by atoms with Gasteiger partial charge in [-0.2, -0.15) is 4.31 Å². The fraction of sp³-hybridized carbons (Fsp3) is 0.647. The van der Waals surface area contributed by atoms with Crippen LogP contribution in [0.4, 0.5) is 0 Å². The van der Waals surface area contributed by atoms with Crippen molar-refractivity contribution in [3.8, 4) is 0 Å². The first-order valence-electron chi connectivity index (χ1n) is 8.31. The van der Waals surface area contributed by atoms with E-state index >= 15 is 0 Å². The summed E-state index contributed by atoms with van der Waals surface area (Å²) in [5.41, 5.74) is 1.05. The van der Waals surface area contributed by atoms with Gasteiger partial charge in [0, 0.05) is 18.8 Å². The Morgan fingerprint density at radius 1 is 1.00 bits per heavy atom. The van der Waals surface area contributed by atoms with Gasteiger partial charge in [0.2, 0.25) is 10.0 Å². The van der Waals surface area contributed by atoms with Gasteiger partial charge in [-0.25, -0.2) is 16.8 Å². The molecule has 1 aliphatic heterocycles. The predicted molar refractivity (Wildman–Crippen MR) is 96.4 cm³/mol. The number of rotatable bonds is 4. The van der Waals surface area contributed by atoms with Crippen molar-refractivity contribution in [1.82, 2.24) is 4.31 Å². The van der Waals surface area contributed by atoms with Gasteiger partial charge in [-0.15, -0.1) is 0 Å². The fourth-order valence-corrected chi connectivity index (χ4v) is 5.81. The summed E-state index contributed by atoms with van der Waals surface area (Å²) in [6.07, 6.45) is 0.741. The van der Waals surface area contributed by atoms with Crippen molar-refractivity contribution in [1.29, 1.82) is 0 Å². The minimum Gasteiger partial charge on any atom is -0.229 e. The topological polar surface area (TPSA) is 71.5 Å². The number of sulfone groups is 1. The second-order valence-corrected chi connectivity index (χ2v) is 11.8. The van der Waals surface area contributed by atoms with Crippen LogP contribution in [0.1, 0.15) is 46.1 Å². The van der Waals surface area contributed by atoms with Crippen LogP contribution in [0.2, 0.25) is 0 Å². The largest absolute Gasteiger partial charge is 0.243 e. The van der Waals surface area contributed by atoms with Gasteiger partial charge in [-0.1, -0.05) is 39.8 Å². The molecule has 0 radical (unpaired) electrons. The van der Waals surface area contributed by atoms with Crippen LogP contribution in [0, 0.1) is 0 Å². The van der Waals surface area contributed by atoms with Crippen molar-refractivity contribution in [3.63, 3.8) is 0 Å². The third-order valence-corrected chi connectivity index (χ3v) is 8.87. The zero-order valence-electron chi connectivity index (χ0n) is 14.8. The van der Waals surface area contributed by atoms with Crippen LogP contribution in [0.15, 0.2) is 29.2 Å². The van der Waals surface area contributed by atoms with Crippen LogP contribution in [-0.2, 0) is 25.3 Å². The maximum atomic E-state index is 12.8. The van der Waals surface area contributed by atoms with E-state index in [1.807, 2.05) is 12.1 Å². The molecule has 2 rings (SSSR count). The van der Waals surface area contributed by atoms with Crippen molar-refractivity contribution in [2.45, 2.75) is 56.1 Å². The van der Waals surface area contributed by atoms with E-state index in [1.165, 1.54) is 4.31 Å². The lowest BCUT2D eigenvalue weighted by molar-refractivity contribution is 0.345. The van der Waals surface area contributed by atoms with Gasteiger partial charge in [-0.05, 0) is 36.0 Å². The summed E-state index contributed by atoms with van der Waals surface area (Å²) in [6.45, 7) is 8.39. The van der Waals surface area contributed by atoms with E-state index in [0.717, 1.165) is 5.56 Å². The van der Waals surface area contributed by atoms with E-state index in [-0.39, 0.29) is 29.2 Å². The average molecular weight is 374 g/mol. The molecule has 0 aromatic heterocycles. The molecule has 0 aliphatic carbocycles. The maximum absolute atomic E-state index is 12.8. The minimum absolute atomic E-state index is 0.0326. The number of hydrogen-bond donors (Lipinski definition) is 0. The number of hydrogen-bond acceptors (Lipinski definition) is 4. The van der Waals surface area contributed by atoms with Crippen LogP contribution < -0.4 is 0 Å². The first-order valence-corrected chi connectivity index (χ1v) is 11.5. The summed E-state index contributed by atoms with van der Waals surface area (Å²) in [7, 11) is -6.66. The number of sulfonamides is 1. The zero-order chi connectivity index (χ0) is 18.2. The molecule has 1 aromatic carbocycles. The summed E-state index contributed by atoms with van der Waals surface area (Å²) >= 11 is 0. The lowest BCUT2D eigenvalue weighted by Gasteiger charge is -2.31. The molecular formula is C17H27NO4S2. The number of nitrogens with zero attached hydrogens (tertiary/aromatic N) is 1. The summed E-state index contributed by atoms with van der Waals surface area (Å²) in [5.74, 6) is 0.110. The fourth-order valence-electron chi connectivity index (χ4n) is 2.94. The highest BCUT2D eigenvalue weighted by molar-refractivity contribution is 7.92. The Hall–Kier alpha value is -0.920. The Labute approximate surface area is 146 Å². The molecule has 0 spiro atoms. The van der Waals surface area contributed by atoms with Crippen LogP contribution >= 0.6 is 0 Å². The summed E-state index contributed by atoms with van der Waals surface area (Å²) in [6, 6.07) is 6.98. The number of piperidine rings is 1. The zero-order valence-corrected chi connectivity index (χ0v) is 16.5. The monoisotopic (exact) mass is 373 g/mol. The Morgan fingerprint density at radius 3 is 1.92 bits per heavy atom. The summed E-state index contributed by atoms with van der Waals surface area (Å²) in [5, 5.41) is -0.419. The molecule has 0 amide bonds. The highest BCUT2D eigenvalue weighted by atomic mass is 32.2. The van der Waals surface area contributed by atoms with Crippen molar-refractivity contribution >= 4 is 19.9 Å². The van der Waals surface area contributed by atoms with E-state index in [9.17, 15) is 16.8 Å². The van der Waals surface area contributed by atoms with E-state index in [4.69, 9.17) is 0 Å². The van der Waals surface area contributed by atoms with E-state index < -0.39 is 25.1 Å². The molecule has 24 heavy (non-hydrogen) atoms. The van der Waals surface area contributed by atoms with Crippen LogP contribution in [0.3, 0.4) is 0 Å². The van der Waals surface area contributed by atoms with E-state index in [1.54, 1.807) is 19.1 Å². The van der Waals surface area contributed by atoms with Crippen molar-refractivity contribution in [2.24, 2.45) is 0 Å². The third kappa shape index (κ3) is 4.00. The second-order valence-electron chi connectivity index (χ2n) is 7.33. The second kappa shape index (κ2) is 6.77. The first-order chi connectivity index (χ1) is 11.0. The third-order valence-electron chi connectivity index (χ3n) is 4.67. The van der Waals surface area contributed by atoms with E-state index in [0.29, 0.717) is 12.8 Å². The Balaban J connectivity index is 2.15. The molecule has 0 saturated carbocycles. The van der Waals surface area contributed by atoms with Gasteiger partial charge in [0.25, 0.3) is 0 Å².